The number of aliphatic hydroxyl groups excluding tert-OH is 7. The average Bonchev–Trinajstić information content (AvgIpc) is 3.46. The van der Waals surface area contributed by atoms with Crippen molar-refractivity contribution in [3.05, 3.63) is 42.2 Å². The van der Waals surface area contributed by atoms with E-state index in [1.54, 1.807) is 6.20 Å². The van der Waals surface area contributed by atoms with Crippen molar-refractivity contribution in [2.75, 3.05) is 26.4 Å². The van der Waals surface area contributed by atoms with E-state index in [1.807, 2.05) is 24.3 Å². The van der Waals surface area contributed by atoms with E-state index >= 15 is 0 Å². The van der Waals surface area contributed by atoms with E-state index in [1.165, 1.54) is 6.20 Å². The Morgan fingerprint density at radius 2 is 1.81 bits per heavy atom. The second-order valence-electron chi connectivity index (χ2n) is 8.77. The van der Waals surface area contributed by atoms with Gasteiger partial charge < -0.3 is 56.3 Å². The van der Waals surface area contributed by atoms with Crippen molar-refractivity contribution in [2.24, 2.45) is 5.73 Å². The number of hydrogen-bond donors (Lipinski definition) is 10. The number of ether oxygens (including phenoxy) is 2. The number of aliphatic hydroxyl groups is 7. The van der Waals surface area contributed by atoms with E-state index in [0.29, 0.717) is 17.8 Å². The minimum absolute atomic E-state index is 0.0935. The predicted octanol–water partition coefficient (Wildman–Crippen LogP) is -3.35. The van der Waals surface area contributed by atoms with Gasteiger partial charge in [-0.3, -0.25) is 0 Å². The summed E-state index contributed by atoms with van der Waals surface area (Å²) in [7, 11) is 0. The number of aromatic nitrogens is 3. The molecule has 2 aromatic rings. The standard InChI is InChI=1S/C17H23N5O5.C6H12O4/c18-5-11(9-2-1-3-10(4-9)12-6-20-22-21-12)19-7-13-15(24)17(26)16(25)14(8-23)27-13;7-2-4-1-5(8)6(9)3-10-4/h1-6,13-17,19,23-26H,7-8,18H2,(H,20,21,22);4-9H,1-3H2/b11-5-;/t13?,14?,15?,16-,17?;/m1./s1. The van der Waals surface area contributed by atoms with Gasteiger partial charge in [0.15, 0.2) is 0 Å². The number of nitrogens with zero attached hydrogens (tertiary/aromatic N) is 2. The first kappa shape index (κ1) is 28.9. The highest BCUT2D eigenvalue weighted by Gasteiger charge is 2.43. The van der Waals surface area contributed by atoms with Crippen molar-refractivity contribution in [3.8, 4) is 11.3 Å². The third-order valence-corrected chi connectivity index (χ3v) is 6.19. The van der Waals surface area contributed by atoms with Crippen LogP contribution in [0, 0.1) is 0 Å². The van der Waals surface area contributed by atoms with Crippen LogP contribution < -0.4 is 11.1 Å². The Morgan fingerprint density at radius 3 is 2.43 bits per heavy atom. The van der Waals surface area contributed by atoms with Gasteiger partial charge in [0.25, 0.3) is 0 Å². The molecule has 0 amide bonds. The Balaban J connectivity index is 0.000000319. The summed E-state index contributed by atoms with van der Waals surface area (Å²) in [5.74, 6) is 0. The van der Waals surface area contributed by atoms with Gasteiger partial charge in [-0.1, -0.05) is 18.2 Å². The third kappa shape index (κ3) is 7.44. The normalized spacial score (nSPS) is 32.4. The van der Waals surface area contributed by atoms with Crippen molar-refractivity contribution in [1.82, 2.24) is 20.7 Å². The fourth-order valence-corrected chi connectivity index (χ4v) is 3.97. The zero-order chi connectivity index (χ0) is 26.9. The number of hydrogen-bond acceptors (Lipinski definition) is 13. The van der Waals surface area contributed by atoms with Gasteiger partial charge in [-0.05, 0) is 11.6 Å². The lowest BCUT2D eigenvalue weighted by Crippen LogP contribution is -2.60. The lowest BCUT2D eigenvalue weighted by molar-refractivity contribution is -0.227. The Hall–Kier alpha value is -2.66. The Bertz CT molecular complexity index is 977. The first-order valence-corrected chi connectivity index (χ1v) is 11.8. The average molecular weight is 526 g/mol. The summed E-state index contributed by atoms with van der Waals surface area (Å²) < 4.78 is 10.4. The van der Waals surface area contributed by atoms with Gasteiger partial charge in [-0.2, -0.15) is 15.4 Å². The Kier molecular flexibility index (Phi) is 10.7. The van der Waals surface area contributed by atoms with Crippen LogP contribution in [0.5, 0.6) is 0 Å². The maximum atomic E-state index is 10.1. The number of H-pyrrole nitrogens is 1. The molecule has 0 saturated carbocycles. The summed E-state index contributed by atoms with van der Waals surface area (Å²) in [6, 6.07) is 7.45. The molecule has 14 nitrogen and oxygen atoms in total. The van der Waals surface area contributed by atoms with E-state index in [2.05, 4.69) is 20.7 Å². The van der Waals surface area contributed by atoms with Gasteiger partial charge >= 0.3 is 0 Å². The number of rotatable bonds is 7. The monoisotopic (exact) mass is 525 g/mol. The van der Waals surface area contributed by atoms with Crippen LogP contribution in [0.3, 0.4) is 0 Å². The molecule has 2 aliphatic heterocycles. The zero-order valence-electron chi connectivity index (χ0n) is 20.0. The third-order valence-electron chi connectivity index (χ3n) is 6.19. The minimum atomic E-state index is -1.41. The van der Waals surface area contributed by atoms with Gasteiger partial charge in [0.05, 0.1) is 43.9 Å². The van der Waals surface area contributed by atoms with Crippen LogP contribution in [0.25, 0.3) is 17.0 Å². The van der Waals surface area contributed by atoms with Crippen LogP contribution in [0.15, 0.2) is 36.7 Å². The predicted molar refractivity (Wildman–Crippen MR) is 129 cm³/mol. The van der Waals surface area contributed by atoms with Crippen LogP contribution in [0.4, 0.5) is 0 Å². The lowest BCUT2D eigenvalue weighted by Gasteiger charge is -2.40. The van der Waals surface area contributed by atoms with E-state index in [9.17, 15) is 20.4 Å². The van der Waals surface area contributed by atoms with Gasteiger partial charge in [0.1, 0.15) is 42.3 Å². The van der Waals surface area contributed by atoms with Crippen LogP contribution in [0.2, 0.25) is 0 Å². The molecule has 0 aliphatic carbocycles. The quantitative estimate of drug-likeness (QED) is 0.170. The SMILES string of the molecule is N/C=C(\NCC1OC(CO)[C@@H](O)C(O)C1O)c1cccc(-c2cn[nH]n2)c1.OCC1CC(O)C(O)CO1. The molecule has 0 bridgehead atoms. The summed E-state index contributed by atoms with van der Waals surface area (Å²) >= 11 is 0. The number of aromatic amines is 1. The summed E-state index contributed by atoms with van der Waals surface area (Å²) in [6.45, 7) is -0.338. The van der Waals surface area contributed by atoms with Crippen molar-refractivity contribution in [2.45, 2.75) is 55.3 Å². The smallest absolute Gasteiger partial charge is 0.112 e. The second-order valence-corrected chi connectivity index (χ2v) is 8.77. The summed E-state index contributed by atoms with van der Waals surface area (Å²) in [6.07, 6.45) is -4.43. The molecule has 2 aliphatic rings. The van der Waals surface area contributed by atoms with Crippen LogP contribution in [-0.4, -0.2) is 126 Å². The summed E-state index contributed by atoms with van der Waals surface area (Å²) in [5, 5.41) is 79.1. The molecular weight excluding hydrogens is 490 g/mol. The van der Waals surface area contributed by atoms with E-state index in [-0.39, 0.29) is 25.9 Å². The Morgan fingerprint density at radius 1 is 1.05 bits per heavy atom. The maximum absolute atomic E-state index is 10.1. The molecule has 0 spiro atoms. The molecule has 3 heterocycles. The fourth-order valence-electron chi connectivity index (χ4n) is 3.97. The molecular formula is C23H35N5O9. The van der Waals surface area contributed by atoms with E-state index in [0.717, 1.165) is 11.1 Å². The largest absolute Gasteiger partial charge is 0.403 e. The van der Waals surface area contributed by atoms with Crippen molar-refractivity contribution < 1.29 is 45.2 Å². The molecule has 11 N–H and O–H groups in total. The Labute approximate surface area is 213 Å². The fraction of sp³-hybridized carbons (Fsp3) is 0.565. The molecule has 4 rings (SSSR count). The van der Waals surface area contributed by atoms with Gasteiger partial charge in [-0.15, -0.1) is 0 Å². The molecule has 0 radical (unpaired) electrons. The molecule has 1 aromatic heterocycles. The molecule has 2 saturated heterocycles. The highest BCUT2D eigenvalue weighted by atomic mass is 16.5. The summed E-state index contributed by atoms with van der Waals surface area (Å²) in [5.41, 5.74) is 8.62. The van der Waals surface area contributed by atoms with E-state index in [4.69, 9.17) is 30.5 Å². The first-order valence-electron chi connectivity index (χ1n) is 11.8. The molecule has 7 unspecified atom stereocenters. The van der Waals surface area contributed by atoms with Crippen LogP contribution in [-0.2, 0) is 9.47 Å². The molecule has 1 aromatic carbocycles. The zero-order valence-corrected chi connectivity index (χ0v) is 20.0. The van der Waals surface area contributed by atoms with Gasteiger partial charge in [0, 0.05) is 24.7 Å². The van der Waals surface area contributed by atoms with Crippen LogP contribution >= 0.6 is 0 Å². The van der Waals surface area contributed by atoms with Gasteiger partial charge in [0.2, 0.25) is 0 Å². The summed E-state index contributed by atoms with van der Waals surface area (Å²) in [4.78, 5) is 0. The van der Waals surface area contributed by atoms with Crippen molar-refractivity contribution in [1.29, 1.82) is 0 Å². The highest BCUT2D eigenvalue weighted by Crippen LogP contribution is 2.23. The first-order chi connectivity index (χ1) is 17.8. The van der Waals surface area contributed by atoms with Crippen LogP contribution in [0.1, 0.15) is 12.0 Å². The topological polar surface area (TPSA) is 240 Å². The minimum Gasteiger partial charge on any atom is -0.403 e. The molecule has 37 heavy (non-hydrogen) atoms. The van der Waals surface area contributed by atoms with Gasteiger partial charge in [-0.25, -0.2) is 0 Å². The highest BCUT2D eigenvalue weighted by molar-refractivity contribution is 5.69. The molecule has 8 atom stereocenters. The second kappa shape index (κ2) is 13.8. The van der Waals surface area contributed by atoms with Crippen molar-refractivity contribution in [3.63, 3.8) is 0 Å². The lowest BCUT2D eigenvalue weighted by atomic mass is 9.95. The number of nitrogens with one attached hydrogen (secondary N) is 2. The van der Waals surface area contributed by atoms with Crippen molar-refractivity contribution >= 4 is 5.70 Å². The number of benzene rings is 1. The molecule has 2 fully saturated rings. The molecule has 14 heteroatoms. The number of nitrogens with two attached hydrogens (primary N) is 1. The maximum Gasteiger partial charge on any atom is 0.112 e. The van der Waals surface area contributed by atoms with E-state index < -0.39 is 49.3 Å². The molecule has 206 valence electrons.